The summed E-state index contributed by atoms with van der Waals surface area (Å²) in [4.78, 5) is 4.56. The second-order valence-corrected chi connectivity index (χ2v) is 5.87. The number of aromatic nitrogens is 1. The van der Waals surface area contributed by atoms with E-state index in [0.29, 0.717) is 6.04 Å². The number of hydrogen-bond acceptors (Lipinski definition) is 3. The van der Waals surface area contributed by atoms with Crippen molar-refractivity contribution in [2.24, 2.45) is 0 Å². The Labute approximate surface area is 119 Å². The Hall–Kier alpha value is -1.19. The summed E-state index contributed by atoms with van der Waals surface area (Å²) >= 11 is 1.75. The highest BCUT2D eigenvalue weighted by Gasteiger charge is 2.12. The lowest BCUT2D eigenvalue weighted by Gasteiger charge is -2.16. The van der Waals surface area contributed by atoms with Gasteiger partial charge >= 0.3 is 0 Å². The molecule has 0 fully saturated rings. The van der Waals surface area contributed by atoms with Crippen LogP contribution < -0.4 is 5.32 Å². The maximum atomic E-state index is 4.56. The Morgan fingerprint density at radius 1 is 1.37 bits per heavy atom. The summed E-state index contributed by atoms with van der Waals surface area (Å²) in [5, 5.41) is 6.74. The van der Waals surface area contributed by atoms with Crippen molar-refractivity contribution in [2.75, 3.05) is 7.05 Å². The number of aryl methyl sites for hydroxylation is 2. The van der Waals surface area contributed by atoms with Gasteiger partial charge in [-0.1, -0.05) is 37.6 Å². The fraction of sp³-hybridized carbons (Fsp3) is 0.438. The third-order valence-electron chi connectivity index (χ3n) is 3.29. The molecule has 0 aliphatic carbocycles. The van der Waals surface area contributed by atoms with Crippen molar-refractivity contribution in [1.29, 1.82) is 0 Å². The maximum Gasteiger partial charge on any atom is 0.0947 e. The van der Waals surface area contributed by atoms with Gasteiger partial charge in [0.05, 0.1) is 5.01 Å². The molecule has 1 aromatic heterocycles. The molecule has 1 N–H and O–H groups in total. The van der Waals surface area contributed by atoms with Crippen molar-refractivity contribution < 1.29 is 0 Å². The molecule has 0 spiro atoms. The van der Waals surface area contributed by atoms with Crippen LogP contribution in [-0.2, 0) is 12.8 Å². The molecule has 0 aliphatic rings. The highest BCUT2D eigenvalue weighted by atomic mass is 32.1. The summed E-state index contributed by atoms with van der Waals surface area (Å²) in [6, 6.07) is 9.26. The number of hydrogen-bond donors (Lipinski definition) is 1. The molecular formula is C16H22N2S. The van der Waals surface area contributed by atoms with Gasteiger partial charge in [0.25, 0.3) is 0 Å². The molecule has 2 rings (SSSR count). The molecule has 1 atom stereocenters. The van der Waals surface area contributed by atoms with E-state index in [1.54, 1.807) is 11.3 Å². The minimum Gasteiger partial charge on any atom is -0.313 e. The van der Waals surface area contributed by atoms with Crippen LogP contribution in [0.2, 0.25) is 0 Å². The highest BCUT2D eigenvalue weighted by Crippen LogP contribution is 2.21. The minimum atomic E-state index is 0.349. The minimum absolute atomic E-state index is 0.349. The Bertz CT molecular complexity index is 519. The van der Waals surface area contributed by atoms with E-state index in [1.165, 1.54) is 22.6 Å². The number of nitrogens with one attached hydrogen (secondary N) is 1. The largest absolute Gasteiger partial charge is 0.313 e. The zero-order valence-corrected chi connectivity index (χ0v) is 12.8. The molecule has 19 heavy (non-hydrogen) atoms. The highest BCUT2D eigenvalue weighted by molar-refractivity contribution is 7.09. The van der Waals surface area contributed by atoms with Crippen LogP contribution in [0.25, 0.3) is 0 Å². The fourth-order valence-electron chi connectivity index (χ4n) is 2.31. The zero-order valence-electron chi connectivity index (χ0n) is 11.9. The second kappa shape index (κ2) is 6.83. The molecule has 3 heteroatoms. The summed E-state index contributed by atoms with van der Waals surface area (Å²) in [5.41, 5.74) is 3.91. The van der Waals surface area contributed by atoms with Crippen molar-refractivity contribution in [1.82, 2.24) is 10.3 Å². The predicted octanol–water partition coefficient (Wildman–Crippen LogP) is 3.91. The van der Waals surface area contributed by atoms with Crippen LogP contribution in [0, 0.1) is 6.92 Å². The predicted molar refractivity (Wildman–Crippen MR) is 82.8 cm³/mol. The quantitative estimate of drug-likeness (QED) is 0.864. The molecule has 2 nitrogen and oxygen atoms in total. The van der Waals surface area contributed by atoms with E-state index >= 15 is 0 Å². The molecule has 2 aromatic rings. The van der Waals surface area contributed by atoms with Crippen LogP contribution in [0.4, 0.5) is 0 Å². The summed E-state index contributed by atoms with van der Waals surface area (Å²) in [7, 11) is 2.03. The molecule has 0 saturated carbocycles. The normalized spacial score (nSPS) is 12.6. The average molecular weight is 274 g/mol. The molecule has 0 radical (unpaired) electrons. The Morgan fingerprint density at radius 3 is 2.84 bits per heavy atom. The summed E-state index contributed by atoms with van der Waals surface area (Å²) < 4.78 is 0. The van der Waals surface area contributed by atoms with E-state index in [-0.39, 0.29) is 0 Å². The van der Waals surface area contributed by atoms with Gasteiger partial charge in [-0.25, -0.2) is 4.98 Å². The molecule has 0 aliphatic heterocycles. The Morgan fingerprint density at radius 2 is 2.21 bits per heavy atom. The molecule has 1 heterocycles. The van der Waals surface area contributed by atoms with Crippen molar-refractivity contribution in [3.8, 4) is 0 Å². The monoisotopic (exact) mass is 274 g/mol. The van der Waals surface area contributed by atoms with Gasteiger partial charge < -0.3 is 5.32 Å². The van der Waals surface area contributed by atoms with Gasteiger partial charge in [-0.2, -0.15) is 0 Å². The summed E-state index contributed by atoms with van der Waals surface area (Å²) in [6.45, 7) is 4.27. The van der Waals surface area contributed by atoms with Crippen molar-refractivity contribution >= 4 is 11.3 Å². The van der Waals surface area contributed by atoms with Gasteiger partial charge in [0.2, 0.25) is 0 Å². The first-order chi connectivity index (χ1) is 9.22. The van der Waals surface area contributed by atoms with E-state index in [2.05, 4.69) is 53.8 Å². The van der Waals surface area contributed by atoms with Crippen LogP contribution in [0.15, 0.2) is 29.6 Å². The smallest absolute Gasteiger partial charge is 0.0947 e. The van der Waals surface area contributed by atoms with Crippen LogP contribution in [-0.4, -0.2) is 12.0 Å². The molecule has 0 saturated heterocycles. The third-order valence-corrected chi connectivity index (χ3v) is 4.27. The van der Waals surface area contributed by atoms with Crippen molar-refractivity contribution in [2.45, 2.75) is 39.2 Å². The zero-order chi connectivity index (χ0) is 13.7. The standard InChI is InChI=1S/C16H22N2S/c1-4-6-13-7-5-8-14(9-13)15(17-3)10-16-18-12(2)11-19-16/h5,7-9,11,15,17H,4,6,10H2,1-3H3. The van der Waals surface area contributed by atoms with E-state index in [0.717, 1.165) is 18.5 Å². The number of thiazole rings is 1. The first-order valence-electron chi connectivity index (χ1n) is 6.90. The van der Waals surface area contributed by atoms with Gasteiger partial charge in [0, 0.05) is 23.5 Å². The van der Waals surface area contributed by atoms with Gasteiger partial charge in [-0.05, 0) is 31.5 Å². The molecule has 0 bridgehead atoms. The first-order valence-corrected chi connectivity index (χ1v) is 7.78. The van der Waals surface area contributed by atoms with E-state index in [4.69, 9.17) is 0 Å². The Kier molecular flexibility index (Phi) is 5.11. The van der Waals surface area contributed by atoms with Crippen molar-refractivity contribution in [3.05, 3.63) is 51.5 Å². The fourth-order valence-corrected chi connectivity index (χ4v) is 3.13. The lowest BCUT2D eigenvalue weighted by molar-refractivity contribution is 0.589. The molecule has 0 amide bonds. The number of nitrogens with zero attached hydrogens (tertiary/aromatic N) is 1. The molecular weight excluding hydrogens is 252 g/mol. The lowest BCUT2D eigenvalue weighted by Crippen LogP contribution is -2.19. The lowest BCUT2D eigenvalue weighted by atomic mass is 10.00. The van der Waals surface area contributed by atoms with E-state index in [1.807, 2.05) is 7.05 Å². The van der Waals surface area contributed by atoms with E-state index < -0.39 is 0 Å². The number of rotatable bonds is 6. The maximum absolute atomic E-state index is 4.56. The van der Waals surface area contributed by atoms with Gasteiger partial charge in [0.1, 0.15) is 0 Å². The topological polar surface area (TPSA) is 24.9 Å². The van der Waals surface area contributed by atoms with Gasteiger partial charge in [-0.15, -0.1) is 11.3 Å². The number of benzene rings is 1. The molecule has 102 valence electrons. The molecule has 1 aromatic carbocycles. The summed E-state index contributed by atoms with van der Waals surface area (Å²) in [5.74, 6) is 0. The van der Waals surface area contributed by atoms with Crippen LogP contribution in [0.1, 0.15) is 41.2 Å². The second-order valence-electron chi connectivity index (χ2n) is 4.92. The first kappa shape index (κ1) is 14.2. The Balaban J connectivity index is 2.14. The van der Waals surface area contributed by atoms with Crippen LogP contribution in [0.5, 0.6) is 0 Å². The SMILES string of the molecule is CCCc1cccc(C(Cc2nc(C)cs2)NC)c1. The third kappa shape index (κ3) is 3.88. The average Bonchev–Trinajstić information content (AvgIpc) is 2.82. The van der Waals surface area contributed by atoms with Crippen LogP contribution in [0.3, 0.4) is 0 Å². The van der Waals surface area contributed by atoms with Gasteiger partial charge in [0.15, 0.2) is 0 Å². The molecule has 1 unspecified atom stereocenters. The van der Waals surface area contributed by atoms with Crippen LogP contribution >= 0.6 is 11.3 Å². The van der Waals surface area contributed by atoms with Gasteiger partial charge in [-0.3, -0.25) is 0 Å². The number of likely N-dealkylation sites (N-methyl/N-ethyl adjacent to an activating group) is 1. The van der Waals surface area contributed by atoms with E-state index in [9.17, 15) is 0 Å². The summed E-state index contributed by atoms with van der Waals surface area (Å²) in [6.07, 6.45) is 3.31. The van der Waals surface area contributed by atoms with Crippen molar-refractivity contribution in [3.63, 3.8) is 0 Å².